The molecule has 2 aromatic heterocycles. The Bertz CT molecular complexity index is 527. The minimum atomic E-state index is -0.197. The van der Waals surface area contributed by atoms with Gasteiger partial charge in [-0.2, -0.15) is 0 Å². The first kappa shape index (κ1) is 12.5. The third-order valence-corrected chi connectivity index (χ3v) is 3.45. The van der Waals surface area contributed by atoms with Gasteiger partial charge in [0.2, 0.25) is 0 Å². The number of nitrogens with one attached hydrogen (secondary N) is 1. The average Bonchev–Trinajstić information content (AvgIpc) is 2.90. The van der Waals surface area contributed by atoms with Crippen molar-refractivity contribution in [2.24, 2.45) is 0 Å². The molecule has 0 aromatic carbocycles. The number of carbonyl (C=O) groups is 1. The Hall–Kier alpha value is -1.95. The van der Waals surface area contributed by atoms with Gasteiger partial charge in [-0.15, -0.1) is 11.3 Å². The van der Waals surface area contributed by atoms with E-state index in [0.717, 1.165) is 11.4 Å². The summed E-state index contributed by atoms with van der Waals surface area (Å²) in [5.41, 5.74) is 6.54. The number of nitrogens with two attached hydrogens (primary N) is 1. The van der Waals surface area contributed by atoms with Crippen LogP contribution in [0.1, 0.15) is 34.8 Å². The van der Waals surface area contributed by atoms with Crippen molar-refractivity contribution in [1.82, 2.24) is 15.3 Å². The van der Waals surface area contributed by atoms with Crippen molar-refractivity contribution in [1.29, 1.82) is 0 Å². The molecule has 0 aliphatic heterocycles. The van der Waals surface area contributed by atoms with Gasteiger partial charge in [0.05, 0.1) is 23.5 Å². The predicted octanol–water partition coefficient (Wildman–Crippen LogP) is 2.00. The van der Waals surface area contributed by atoms with Crippen LogP contribution in [0.4, 0.5) is 5.69 Å². The van der Waals surface area contributed by atoms with Gasteiger partial charge in [-0.05, 0) is 12.5 Å². The summed E-state index contributed by atoms with van der Waals surface area (Å²) in [6.07, 6.45) is 5.54. The van der Waals surface area contributed by atoms with Crippen LogP contribution in [0.25, 0.3) is 0 Å². The lowest BCUT2D eigenvalue weighted by Gasteiger charge is -2.15. The molecule has 2 heterocycles. The van der Waals surface area contributed by atoms with Crippen molar-refractivity contribution >= 4 is 22.9 Å². The number of nitrogens with zero attached hydrogens (tertiary/aromatic N) is 2. The lowest BCUT2D eigenvalue weighted by molar-refractivity contribution is 0.0936. The number of nitrogen functional groups attached to an aromatic ring is 1. The van der Waals surface area contributed by atoms with Crippen molar-refractivity contribution in [2.45, 2.75) is 19.4 Å². The minimum Gasteiger partial charge on any atom is -0.397 e. The van der Waals surface area contributed by atoms with Crippen LogP contribution in [0.5, 0.6) is 0 Å². The summed E-state index contributed by atoms with van der Waals surface area (Å²) >= 11 is 1.53. The molecule has 3 N–H and O–H groups in total. The van der Waals surface area contributed by atoms with Gasteiger partial charge in [-0.1, -0.05) is 6.92 Å². The summed E-state index contributed by atoms with van der Waals surface area (Å²) in [6, 6.07) is 1.53. The van der Waals surface area contributed by atoms with Crippen LogP contribution >= 0.6 is 11.3 Å². The summed E-state index contributed by atoms with van der Waals surface area (Å²) in [6.45, 7) is 2.00. The maximum atomic E-state index is 12.1. The largest absolute Gasteiger partial charge is 0.397 e. The monoisotopic (exact) mass is 262 g/mol. The molecule has 0 aliphatic carbocycles. The smallest absolute Gasteiger partial charge is 0.254 e. The first-order chi connectivity index (χ1) is 8.72. The molecule has 5 nitrogen and oxygen atoms in total. The molecule has 0 bridgehead atoms. The fourth-order valence-corrected chi connectivity index (χ4v) is 2.37. The quantitative estimate of drug-likeness (QED) is 0.883. The maximum absolute atomic E-state index is 12.1. The SMILES string of the molecule is CCC(NC(=O)c1ccncc1N)c1nccs1. The number of pyridine rings is 1. The van der Waals surface area contributed by atoms with Crippen molar-refractivity contribution in [3.05, 3.63) is 40.6 Å². The zero-order valence-electron chi connectivity index (χ0n) is 9.96. The summed E-state index contributed by atoms with van der Waals surface area (Å²) in [4.78, 5) is 20.2. The van der Waals surface area contributed by atoms with Gasteiger partial charge in [-0.25, -0.2) is 4.98 Å². The van der Waals surface area contributed by atoms with Crippen LogP contribution < -0.4 is 11.1 Å². The molecule has 18 heavy (non-hydrogen) atoms. The maximum Gasteiger partial charge on any atom is 0.254 e. The number of anilines is 1. The number of hydrogen-bond acceptors (Lipinski definition) is 5. The first-order valence-electron chi connectivity index (χ1n) is 5.62. The van der Waals surface area contributed by atoms with Crippen LogP contribution in [-0.4, -0.2) is 15.9 Å². The molecule has 2 rings (SSSR count). The summed E-state index contributed by atoms with van der Waals surface area (Å²) < 4.78 is 0. The van der Waals surface area contributed by atoms with Crippen molar-refractivity contribution in [3.63, 3.8) is 0 Å². The molecule has 1 unspecified atom stereocenters. The first-order valence-corrected chi connectivity index (χ1v) is 6.50. The van der Waals surface area contributed by atoms with Gasteiger partial charge in [0.25, 0.3) is 5.91 Å². The van der Waals surface area contributed by atoms with E-state index >= 15 is 0 Å². The van der Waals surface area contributed by atoms with Gasteiger partial charge < -0.3 is 11.1 Å². The van der Waals surface area contributed by atoms with Crippen molar-refractivity contribution in [3.8, 4) is 0 Å². The highest BCUT2D eigenvalue weighted by atomic mass is 32.1. The van der Waals surface area contributed by atoms with Crippen LogP contribution in [0.15, 0.2) is 30.0 Å². The third kappa shape index (κ3) is 2.65. The lowest BCUT2D eigenvalue weighted by atomic mass is 10.2. The van der Waals surface area contributed by atoms with E-state index in [9.17, 15) is 4.79 Å². The van der Waals surface area contributed by atoms with E-state index in [0.29, 0.717) is 11.3 Å². The number of thiazole rings is 1. The number of hydrogen-bond donors (Lipinski definition) is 2. The fraction of sp³-hybridized carbons (Fsp3) is 0.250. The van der Waals surface area contributed by atoms with E-state index in [1.807, 2.05) is 12.3 Å². The second kappa shape index (κ2) is 5.59. The van der Waals surface area contributed by atoms with Crippen LogP contribution in [-0.2, 0) is 0 Å². The molecule has 0 saturated carbocycles. The number of amides is 1. The molecule has 2 aromatic rings. The second-order valence-corrected chi connectivity index (χ2v) is 4.69. The molecular formula is C12H14N4OS. The van der Waals surface area contributed by atoms with E-state index in [1.165, 1.54) is 17.5 Å². The van der Waals surface area contributed by atoms with Gasteiger partial charge in [0, 0.05) is 17.8 Å². The predicted molar refractivity (Wildman–Crippen MR) is 71.3 cm³/mol. The number of rotatable bonds is 4. The minimum absolute atomic E-state index is 0.0786. The molecule has 0 aliphatic rings. The summed E-state index contributed by atoms with van der Waals surface area (Å²) in [5, 5.41) is 5.72. The van der Waals surface area contributed by atoms with Gasteiger partial charge in [0.15, 0.2) is 0 Å². The van der Waals surface area contributed by atoms with Crippen LogP contribution in [0.2, 0.25) is 0 Å². The Morgan fingerprint density at radius 1 is 1.56 bits per heavy atom. The summed E-state index contributed by atoms with van der Waals surface area (Å²) in [7, 11) is 0. The number of aromatic nitrogens is 2. The van der Waals surface area contributed by atoms with Crippen molar-refractivity contribution < 1.29 is 4.79 Å². The molecular weight excluding hydrogens is 248 g/mol. The molecule has 6 heteroatoms. The Kier molecular flexibility index (Phi) is 3.88. The zero-order chi connectivity index (χ0) is 13.0. The van der Waals surface area contributed by atoms with E-state index in [1.54, 1.807) is 18.5 Å². The molecule has 1 amide bonds. The van der Waals surface area contributed by atoms with E-state index in [4.69, 9.17) is 5.73 Å². The van der Waals surface area contributed by atoms with Crippen molar-refractivity contribution in [2.75, 3.05) is 5.73 Å². The highest BCUT2D eigenvalue weighted by Crippen LogP contribution is 2.20. The molecule has 0 radical (unpaired) electrons. The molecule has 0 saturated heterocycles. The van der Waals surface area contributed by atoms with E-state index in [2.05, 4.69) is 15.3 Å². The molecule has 1 atom stereocenters. The second-order valence-electron chi connectivity index (χ2n) is 3.77. The van der Waals surface area contributed by atoms with E-state index < -0.39 is 0 Å². The Labute approximate surface area is 109 Å². The number of carbonyl (C=O) groups excluding carboxylic acids is 1. The summed E-state index contributed by atoms with van der Waals surface area (Å²) in [5.74, 6) is -0.197. The Morgan fingerprint density at radius 2 is 2.39 bits per heavy atom. The van der Waals surface area contributed by atoms with Crippen LogP contribution in [0.3, 0.4) is 0 Å². The topological polar surface area (TPSA) is 80.9 Å². The zero-order valence-corrected chi connectivity index (χ0v) is 10.8. The molecule has 94 valence electrons. The van der Waals surface area contributed by atoms with Gasteiger partial charge >= 0.3 is 0 Å². The fourth-order valence-electron chi connectivity index (χ4n) is 1.59. The van der Waals surface area contributed by atoms with Crippen LogP contribution in [0, 0.1) is 0 Å². The highest BCUT2D eigenvalue weighted by molar-refractivity contribution is 7.09. The Balaban J connectivity index is 2.14. The molecule has 0 spiro atoms. The highest BCUT2D eigenvalue weighted by Gasteiger charge is 2.17. The van der Waals surface area contributed by atoms with Gasteiger partial charge in [0.1, 0.15) is 5.01 Å². The third-order valence-electron chi connectivity index (χ3n) is 2.56. The normalized spacial score (nSPS) is 12.1. The van der Waals surface area contributed by atoms with E-state index in [-0.39, 0.29) is 11.9 Å². The molecule has 0 fully saturated rings. The van der Waals surface area contributed by atoms with Gasteiger partial charge in [-0.3, -0.25) is 9.78 Å². The standard InChI is InChI=1S/C12H14N4OS/c1-2-10(12-15-5-6-18-12)16-11(17)8-3-4-14-7-9(8)13/h3-7,10H,2,13H2,1H3,(H,16,17). The lowest BCUT2D eigenvalue weighted by Crippen LogP contribution is -2.28. The Morgan fingerprint density at radius 3 is 3.00 bits per heavy atom. The average molecular weight is 262 g/mol.